The van der Waals surface area contributed by atoms with Crippen molar-refractivity contribution in [2.45, 2.75) is 19.0 Å². The van der Waals surface area contributed by atoms with E-state index in [-0.39, 0.29) is 11.7 Å². The number of hydrogen-bond donors (Lipinski definition) is 1. The number of pyridine rings is 2. The van der Waals surface area contributed by atoms with Gasteiger partial charge in [-0.25, -0.2) is 0 Å². The number of aryl methyl sites for hydroxylation is 2. The minimum Gasteiger partial charge on any atom is -0.325 e. The molecule has 168 valence electrons. The molecule has 0 bridgehead atoms. The Morgan fingerprint density at radius 1 is 1.00 bits per heavy atom. The zero-order chi connectivity index (χ0) is 23.5. The van der Waals surface area contributed by atoms with Crippen molar-refractivity contribution in [3.63, 3.8) is 0 Å². The van der Waals surface area contributed by atoms with Gasteiger partial charge < -0.3 is 5.32 Å². The molecule has 0 saturated heterocycles. The van der Waals surface area contributed by atoms with Crippen molar-refractivity contribution < 1.29 is 4.79 Å². The third kappa shape index (κ3) is 4.53. The van der Waals surface area contributed by atoms with Crippen molar-refractivity contribution in [3.05, 3.63) is 90.4 Å². The molecule has 0 fully saturated rings. The number of nitrogens with zero attached hydrogens (tertiary/aromatic N) is 5. The Kier molecular flexibility index (Phi) is 6.05. The number of thioether (sulfide) groups is 1. The Morgan fingerprint density at radius 2 is 1.82 bits per heavy atom. The molecule has 5 aromatic rings. The number of fused-ring (bicyclic) bond motifs is 1. The normalized spacial score (nSPS) is 11.0. The van der Waals surface area contributed by atoms with Crippen molar-refractivity contribution in [1.82, 2.24) is 24.7 Å². The van der Waals surface area contributed by atoms with Gasteiger partial charge in [0.2, 0.25) is 5.91 Å². The van der Waals surface area contributed by atoms with Crippen LogP contribution in [-0.2, 0) is 4.79 Å². The first kappa shape index (κ1) is 21.8. The second kappa shape index (κ2) is 9.44. The summed E-state index contributed by atoms with van der Waals surface area (Å²) in [4.78, 5) is 21.6. The van der Waals surface area contributed by atoms with Crippen molar-refractivity contribution in [1.29, 1.82) is 0 Å². The smallest absolute Gasteiger partial charge is 0.234 e. The van der Waals surface area contributed by atoms with Gasteiger partial charge in [0.05, 0.1) is 17.0 Å². The van der Waals surface area contributed by atoms with Gasteiger partial charge >= 0.3 is 0 Å². The summed E-state index contributed by atoms with van der Waals surface area (Å²) in [5.74, 6) is 0.741. The first-order chi connectivity index (χ1) is 16.6. The van der Waals surface area contributed by atoms with Gasteiger partial charge in [-0.05, 0) is 50.2 Å². The molecule has 1 amide bonds. The Hall–Kier alpha value is -4.04. The van der Waals surface area contributed by atoms with Gasteiger partial charge in [-0.3, -0.25) is 19.3 Å². The van der Waals surface area contributed by atoms with Crippen LogP contribution in [0.1, 0.15) is 11.3 Å². The number of nitrogens with one attached hydrogen (secondary N) is 1. The molecule has 7 nitrogen and oxygen atoms in total. The maximum absolute atomic E-state index is 12.9. The predicted octanol–water partition coefficient (Wildman–Crippen LogP) is 5.23. The Balaban J connectivity index is 1.41. The van der Waals surface area contributed by atoms with E-state index in [9.17, 15) is 4.79 Å². The number of benzene rings is 2. The topological polar surface area (TPSA) is 85.6 Å². The van der Waals surface area contributed by atoms with Gasteiger partial charge in [0, 0.05) is 34.7 Å². The van der Waals surface area contributed by atoms with E-state index in [1.165, 1.54) is 11.8 Å². The predicted molar refractivity (Wildman–Crippen MR) is 135 cm³/mol. The van der Waals surface area contributed by atoms with E-state index in [0.717, 1.165) is 39.1 Å². The molecule has 8 heteroatoms. The third-order valence-corrected chi connectivity index (χ3v) is 6.22. The Morgan fingerprint density at radius 3 is 2.62 bits per heavy atom. The van der Waals surface area contributed by atoms with Crippen molar-refractivity contribution >= 4 is 34.3 Å². The summed E-state index contributed by atoms with van der Waals surface area (Å²) in [6, 6.07) is 21.6. The average molecular weight is 467 g/mol. The zero-order valence-electron chi connectivity index (χ0n) is 18.8. The molecule has 2 aromatic carbocycles. The maximum atomic E-state index is 12.9. The van der Waals surface area contributed by atoms with Crippen LogP contribution in [0.25, 0.3) is 28.0 Å². The van der Waals surface area contributed by atoms with Crippen LogP contribution in [-0.4, -0.2) is 36.4 Å². The Labute approximate surface area is 201 Å². The molecule has 0 spiro atoms. The summed E-state index contributed by atoms with van der Waals surface area (Å²) >= 11 is 1.34. The van der Waals surface area contributed by atoms with Gasteiger partial charge in [0.1, 0.15) is 0 Å². The van der Waals surface area contributed by atoms with E-state index >= 15 is 0 Å². The first-order valence-corrected chi connectivity index (χ1v) is 11.8. The minimum absolute atomic E-state index is 0.123. The molecule has 5 rings (SSSR count). The first-order valence-electron chi connectivity index (χ1n) is 10.8. The van der Waals surface area contributed by atoms with Crippen LogP contribution >= 0.6 is 11.8 Å². The molecule has 3 heterocycles. The van der Waals surface area contributed by atoms with Crippen molar-refractivity contribution in [3.8, 4) is 17.1 Å². The summed E-state index contributed by atoms with van der Waals surface area (Å²) in [7, 11) is 0. The van der Waals surface area contributed by atoms with Crippen LogP contribution < -0.4 is 5.32 Å². The van der Waals surface area contributed by atoms with E-state index in [1.807, 2.05) is 85.1 Å². The lowest BCUT2D eigenvalue weighted by Gasteiger charge is -2.11. The molecule has 34 heavy (non-hydrogen) atoms. The highest BCUT2D eigenvalue weighted by Gasteiger charge is 2.18. The molecule has 0 unspecified atom stereocenters. The molecule has 0 aliphatic heterocycles. The average Bonchev–Trinajstić information content (AvgIpc) is 3.28. The maximum Gasteiger partial charge on any atom is 0.234 e. The fraction of sp³-hybridized carbons (Fsp3) is 0.115. The monoisotopic (exact) mass is 466 g/mol. The molecular formula is C26H22N6OS. The highest BCUT2D eigenvalue weighted by atomic mass is 32.2. The summed E-state index contributed by atoms with van der Waals surface area (Å²) in [5, 5.41) is 13.4. The van der Waals surface area contributed by atoms with Crippen molar-refractivity contribution in [2.75, 3.05) is 11.1 Å². The summed E-state index contributed by atoms with van der Waals surface area (Å²) in [6.45, 7) is 3.96. The van der Waals surface area contributed by atoms with E-state index < -0.39 is 0 Å². The van der Waals surface area contributed by atoms with Crippen LogP contribution in [0, 0.1) is 13.8 Å². The molecule has 1 N–H and O–H groups in total. The number of para-hydroxylation sites is 1. The lowest BCUT2D eigenvalue weighted by atomic mass is 10.1. The largest absolute Gasteiger partial charge is 0.325 e. The highest BCUT2D eigenvalue weighted by Crippen LogP contribution is 2.28. The molecule has 0 radical (unpaired) electrons. The van der Waals surface area contributed by atoms with Gasteiger partial charge in [-0.1, -0.05) is 47.7 Å². The molecule has 0 saturated carbocycles. The number of amides is 1. The molecule has 3 aromatic heterocycles. The standard InChI is InChI=1S/C26H22N6OS/c1-17-9-11-20(12-10-17)32-25(19-6-5-13-27-15-19)30-31-26(32)34-16-24(33)29-23-14-18(2)28-22-8-4-3-7-21(22)23/h3-15H,16H2,1-2H3,(H,28,29,33). The molecule has 0 atom stereocenters. The molecule has 0 aliphatic rings. The number of rotatable bonds is 6. The number of hydrogen-bond acceptors (Lipinski definition) is 6. The Bertz CT molecular complexity index is 1460. The lowest BCUT2D eigenvalue weighted by Crippen LogP contribution is -2.15. The van der Waals surface area contributed by atoms with Gasteiger partial charge in [0.25, 0.3) is 0 Å². The van der Waals surface area contributed by atoms with E-state index in [4.69, 9.17) is 0 Å². The second-order valence-corrected chi connectivity index (χ2v) is 8.83. The second-order valence-electron chi connectivity index (χ2n) is 7.88. The van der Waals surface area contributed by atoms with Crippen LogP contribution in [0.4, 0.5) is 5.69 Å². The van der Waals surface area contributed by atoms with E-state index in [2.05, 4.69) is 25.5 Å². The van der Waals surface area contributed by atoms with Crippen LogP contribution in [0.15, 0.2) is 84.3 Å². The van der Waals surface area contributed by atoms with Gasteiger partial charge in [0.15, 0.2) is 11.0 Å². The lowest BCUT2D eigenvalue weighted by molar-refractivity contribution is -0.113. The van der Waals surface area contributed by atoms with Gasteiger partial charge in [-0.15, -0.1) is 10.2 Å². The minimum atomic E-state index is -0.123. The zero-order valence-corrected chi connectivity index (χ0v) is 19.6. The summed E-state index contributed by atoms with van der Waals surface area (Å²) in [5.41, 5.74) is 5.39. The van der Waals surface area contributed by atoms with Gasteiger partial charge in [-0.2, -0.15) is 0 Å². The summed E-state index contributed by atoms with van der Waals surface area (Å²) in [6.07, 6.45) is 3.48. The SMILES string of the molecule is Cc1ccc(-n2c(SCC(=O)Nc3cc(C)nc4ccccc34)nnc2-c2cccnc2)cc1. The number of aromatic nitrogens is 5. The molecular weight excluding hydrogens is 444 g/mol. The fourth-order valence-corrected chi connectivity index (χ4v) is 4.45. The van der Waals surface area contributed by atoms with Crippen LogP contribution in [0.3, 0.4) is 0 Å². The van der Waals surface area contributed by atoms with E-state index in [0.29, 0.717) is 11.0 Å². The van der Waals surface area contributed by atoms with E-state index in [1.54, 1.807) is 12.4 Å². The number of carbonyl (C=O) groups is 1. The number of carbonyl (C=O) groups excluding carboxylic acids is 1. The molecule has 0 aliphatic carbocycles. The summed E-state index contributed by atoms with van der Waals surface area (Å²) < 4.78 is 1.96. The van der Waals surface area contributed by atoms with Crippen LogP contribution in [0.5, 0.6) is 0 Å². The number of anilines is 1. The quantitative estimate of drug-likeness (QED) is 0.345. The highest BCUT2D eigenvalue weighted by molar-refractivity contribution is 7.99. The third-order valence-electron chi connectivity index (χ3n) is 5.30. The van der Waals surface area contributed by atoms with Crippen molar-refractivity contribution in [2.24, 2.45) is 0 Å². The fourth-order valence-electron chi connectivity index (χ4n) is 3.70. The van der Waals surface area contributed by atoms with Crippen LogP contribution in [0.2, 0.25) is 0 Å².